The Morgan fingerprint density at radius 2 is 1.48 bits per heavy atom. The Labute approximate surface area is 235 Å². The van der Waals surface area contributed by atoms with Crippen molar-refractivity contribution >= 4 is 31.0 Å². The van der Waals surface area contributed by atoms with Crippen LogP contribution in [0.25, 0.3) is 10.9 Å². The summed E-state index contributed by atoms with van der Waals surface area (Å²) in [6.45, 7) is 6.69. The zero-order valence-corrected chi connectivity index (χ0v) is 25.1. The number of benzene rings is 1. The zero-order valence-electron chi connectivity index (χ0n) is 24.2. The standard InChI is InChI=1S/C26H41N2O11P/c1-19(2)14-33-25(29)35-17-38-40(31,39-18-36-26(30)34-15-20(3)4)37-16-28-13-21(10-11-27(5)6)23-12-22(32-7)8-9-24(23)28/h8-9,12-13,19-20H,10-11,14-18H2,1-7H3. The maximum absolute atomic E-state index is 13.4. The van der Waals surface area contributed by atoms with Gasteiger partial charge in [0.1, 0.15) is 12.5 Å². The number of carbonyl (C=O) groups excluding carboxylic acids is 2. The molecule has 0 saturated carbocycles. The van der Waals surface area contributed by atoms with Crippen LogP contribution in [0.1, 0.15) is 33.3 Å². The van der Waals surface area contributed by atoms with Gasteiger partial charge in [-0.05, 0) is 56.1 Å². The van der Waals surface area contributed by atoms with Crippen molar-refractivity contribution in [3.8, 4) is 5.75 Å². The largest absolute Gasteiger partial charge is 0.510 e. The van der Waals surface area contributed by atoms with Gasteiger partial charge in [-0.25, -0.2) is 23.2 Å². The quantitative estimate of drug-likeness (QED) is 0.133. The summed E-state index contributed by atoms with van der Waals surface area (Å²) in [4.78, 5) is 25.6. The fourth-order valence-electron chi connectivity index (χ4n) is 3.20. The first-order valence-electron chi connectivity index (χ1n) is 12.9. The highest BCUT2D eigenvalue weighted by atomic mass is 31.2. The maximum atomic E-state index is 13.4. The molecular formula is C26H41N2O11P. The van der Waals surface area contributed by atoms with Gasteiger partial charge < -0.3 is 33.2 Å². The maximum Gasteiger partial charge on any atom is 0.510 e. The highest BCUT2D eigenvalue weighted by Gasteiger charge is 2.29. The van der Waals surface area contributed by atoms with Crippen LogP contribution in [-0.2, 0) is 50.2 Å². The minimum Gasteiger partial charge on any atom is -0.497 e. The van der Waals surface area contributed by atoms with Gasteiger partial charge in [-0.1, -0.05) is 27.7 Å². The van der Waals surface area contributed by atoms with Crippen LogP contribution in [0.15, 0.2) is 24.4 Å². The number of ether oxygens (including phenoxy) is 5. The predicted octanol–water partition coefficient (Wildman–Crippen LogP) is 5.40. The molecule has 0 N–H and O–H groups in total. The van der Waals surface area contributed by atoms with Crippen LogP contribution in [0.5, 0.6) is 5.75 Å². The van der Waals surface area contributed by atoms with Crippen molar-refractivity contribution in [3.05, 3.63) is 30.0 Å². The SMILES string of the molecule is COc1ccc2c(c1)c(CCN(C)C)cn2COP(=O)(OCOC(=O)OCC(C)C)OCOC(=O)OCC(C)C. The van der Waals surface area contributed by atoms with Crippen molar-refractivity contribution in [2.24, 2.45) is 11.8 Å². The van der Waals surface area contributed by atoms with Gasteiger partial charge in [-0.2, -0.15) is 0 Å². The molecule has 1 aromatic heterocycles. The highest BCUT2D eigenvalue weighted by molar-refractivity contribution is 7.48. The lowest BCUT2D eigenvalue weighted by molar-refractivity contribution is -0.0442. The third-order valence-corrected chi connectivity index (χ3v) is 6.47. The van der Waals surface area contributed by atoms with Crippen LogP contribution >= 0.6 is 7.82 Å². The van der Waals surface area contributed by atoms with E-state index < -0.39 is 33.7 Å². The van der Waals surface area contributed by atoms with E-state index >= 15 is 0 Å². The average Bonchev–Trinajstić information content (AvgIpc) is 3.25. The molecule has 0 aliphatic heterocycles. The van der Waals surface area contributed by atoms with E-state index in [1.807, 2.05) is 60.1 Å². The molecule has 2 rings (SSSR count). The Morgan fingerprint density at radius 3 is 1.98 bits per heavy atom. The fourth-order valence-corrected chi connectivity index (χ4v) is 4.06. The molecular weight excluding hydrogens is 547 g/mol. The monoisotopic (exact) mass is 588 g/mol. The number of hydrogen-bond acceptors (Lipinski definition) is 12. The second-order valence-electron chi connectivity index (χ2n) is 9.96. The summed E-state index contributed by atoms with van der Waals surface area (Å²) in [7, 11) is 1.15. The van der Waals surface area contributed by atoms with E-state index in [-0.39, 0.29) is 31.8 Å². The van der Waals surface area contributed by atoms with Crippen molar-refractivity contribution in [2.75, 3.05) is 54.5 Å². The number of nitrogens with zero attached hydrogens (tertiary/aromatic N) is 2. The summed E-state index contributed by atoms with van der Waals surface area (Å²) < 4.78 is 55.8. The smallest absolute Gasteiger partial charge is 0.497 e. The second kappa shape index (κ2) is 16.4. The molecule has 2 aromatic rings. The average molecular weight is 589 g/mol. The molecule has 1 aromatic carbocycles. The van der Waals surface area contributed by atoms with Gasteiger partial charge in [-0.15, -0.1) is 0 Å². The molecule has 14 heteroatoms. The molecule has 40 heavy (non-hydrogen) atoms. The summed E-state index contributed by atoms with van der Waals surface area (Å²) in [5.74, 6) is 0.883. The lowest BCUT2D eigenvalue weighted by atomic mass is 10.1. The Morgan fingerprint density at radius 1 is 0.900 bits per heavy atom. The number of carbonyl (C=O) groups is 2. The van der Waals surface area contributed by atoms with Crippen LogP contribution in [0, 0.1) is 11.8 Å². The zero-order chi connectivity index (χ0) is 29.7. The molecule has 0 unspecified atom stereocenters. The molecule has 13 nitrogen and oxygen atoms in total. The molecule has 0 bridgehead atoms. The van der Waals surface area contributed by atoms with Crippen LogP contribution in [0.2, 0.25) is 0 Å². The molecule has 0 spiro atoms. The molecule has 0 amide bonds. The van der Waals surface area contributed by atoms with E-state index in [0.717, 1.165) is 29.4 Å². The first kappa shape index (κ1) is 33.4. The Kier molecular flexibility index (Phi) is 13.7. The molecule has 226 valence electrons. The van der Waals surface area contributed by atoms with Gasteiger partial charge in [0.15, 0.2) is 0 Å². The summed E-state index contributed by atoms with van der Waals surface area (Å²) >= 11 is 0. The lowest BCUT2D eigenvalue weighted by Crippen LogP contribution is -2.16. The van der Waals surface area contributed by atoms with Crippen molar-refractivity contribution in [1.29, 1.82) is 0 Å². The molecule has 0 radical (unpaired) electrons. The van der Waals surface area contributed by atoms with E-state index in [9.17, 15) is 14.2 Å². The molecule has 0 aliphatic carbocycles. The number of fused-ring (bicyclic) bond motifs is 1. The third kappa shape index (κ3) is 11.7. The number of aromatic nitrogens is 1. The Balaban J connectivity index is 2.14. The van der Waals surface area contributed by atoms with Gasteiger partial charge >= 0.3 is 20.1 Å². The van der Waals surface area contributed by atoms with Crippen LogP contribution in [-0.4, -0.2) is 76.3 Å². The number of phosphoric acid groups is 1. The number of rotatable bonds is 17. The molecule has 0 saturated heterocycles. The van der Waals surface area contributed by atoms with Crippen molar-refractivity contribution in [2.45, 2.75) is 40.8 Å². The van der Waals surface area contributed by atoms with Crippen molar-refractivity contribution in [3.63, 3.8) is 0 Å². The number of hydrogen-bond donors (Lipinski definition) is 0. The van der Waals surface area contributed by atoms with Crippen molar-refractivity contribution < 1.29 is 51.4 Å². The van der Waals surface area contributed by atoms with E-state index in [2.05, 4.69) is 4.90 Å². The number of likely N-dealkylation sites (N-methyl/N-ethyl adjacent to an activating group) is 1. The fraction of sp³-hybridized carbons (Fsp3) is 0.615. The molecule has 1 heterocycles. The Hall–Kier alpha value is -2.83. The van der Waals surface area contributed by atoms with E-state index in [1.54, 1.807) is 17.7 Å². The van der Waals surface area contributed by atoms with E-state index in [4.69, 9.17) is 37.3 Å². The van der Waals surface area contributed by atoms with Crippen LogP contribution < -0.4 is 4.74 Å². The topological polar surface area (TPSA) is 133 Å². The highest BCUT2D eigenvalue weighted by Crippen LogP contribution is 2.50. The molecule has 0 fully saturated rings. The van der Waals surface area contributed by atoms with E-state index in [1.165, 1.54) is 0 Å². The first-order valence-corrected chi connectivity index (χ1v) is 14.3. The minimum absolute atomic E-state index is 0.0952. The van der Waals surface area contributed by atoms with Crippen molar-refractivity contribution in [1.82, 2.24) is 9.47 Å². The minimum atomic E-state index is -4.41. The summed E-state index contributed by atoms with van der Waals surface area (Å²) in [6.07, 6.45) is 0.596. The lowest BCUT2D eigenvalue weighted by Gasteiger charge is -2.18. The van der Waals surface area contributed by atoms with Gasteiger partial charge in [0.2, 0.25) is 13.6 Å². The normalized spacial score (nSPS) is 11.8. The third-order valence-electron chi connectivity index (χ3n) is 5.20. The molecule has 0 atom stereocenters. The summed E-state index contributed by atoms with van der Waals surface area (Å²) in [5.41, 5.74) is 1.82. The Bertz CT molecular complexity index is 1100. The predicted molar refractivity (Wildman–Crippen MR) is 146 cm³/mol. The molecule has 0 aliphatic rings. The number of phosphoric ester groups is 1. The van der Waals surface area contributed by atoms with Gasteiger partial charge in [0.05, 0.1) is 25.8 Å². The second-order valence-corrected chi connectivity index (χ2v) is 11.6. The summed E-state index contributed by atoms with van der Waals surface area (Å²) in [6, 6.07) is 5.57. The van der Waals surface area contributed by atoms with E-state index in [0.29, 0.717) is 5.75 Å². The van der Waals surface area contributed by atoms with Crippen LogP contribution in [0.3, 0.4) is 0 Å². The number of methoxy groups -OCH3 is 1. The summed E-state index contributed by atoms with van der Waals surface area (Å²) in [5, 5.41) is 0.939. The van der Waals surface area contributed by atoms with Gasteiger partial charge in [0, 0.05) is 18.1 Å². The van der Waals surface area contributed by atoms with Gasteiger partial charge in [0.25, 0.3) is 0 Å². The first-order chi connectivity index (χ1) is 18.9. The van der Waals surface area contributed by atoms with Gasteiger partial charge in [-0.3, -0.25) is 4.52 Å². The van der Waals surface area contributed by atoms with Crippen LogP contribution in [0.4, 0.5) is 9.59 Å².